The SMILES string of the molecule is CC[N+](C/C=C/C(=O)O)(C(C)C)C(C)C. The molecule has 0 bridgehead atoms. The quantitative estimate of drug-likeness (QED) is 0.544. The van der Waals surface area contributed by atoms with Gasteiger partial charge in [0.15, 0.2) is 0 Å². The maximum Gasteiger partial charge on any atom is 0.328 e. The predicted octanol–water partition coefficient (Wildman–Crippen LogP) is 2.28. The monoisotopic (exact) mass is 214 g/mol. The van der Waals surface area contributed by atoms with Crippen molar-refractivity contribution < 1.29 is 14.4 Å². The molecule has 0 aliphatic carbocycles. The minimum absolute atomic E-state index is 0.508. The van der Waals surface area contributed by atoms with Crippen LogP contribution in [0.15, 0.2) is 12.2 Å². The largest absolute Gasteiger partial charge is 0.478 e. The van der Waals surface area contributed by atoms with Gasteiger partial charge in [0.25, 0.3) is 0 Å². The summed E-state index contributed by atoms with van der Waals surface area (Å²) in [7, 11) is 0. The number of nitrogens with zero attached hydrogens (tertiary/aromatic N) is 1. The lowest BCUT2D eigenvalue weighted by Gasteiger charge is -2.44. The topological polar surface area (TPSA) is 37.3 Å². The van der Waals surface area contributed by atoms with Gasteiger partial charge in [-0.2, -0.15) is 0 Å². The molecule has 0 aromatic rings. The molecule has 0 amide bonds. The molecule has 0 aromatic heterocycles. The Balaban J connectivity index is 4.71. The van der Waals surface area contributed by atoms with Crippen molar-refractivity contribution in [3.63, 3.8) is 0 Å². The van der Waals surface area contributed by atoms with Gasteiger partial charge in [-0.3, -0.25) is 0 Å². The summed E-state index contributed by atoms with van der Waals surface area (Å²) in [6, 6.07) is 1.02. The smallest absolute Gasteiger partial charge is 0.328 e. The van der Waals surface area contributed by atoms with E-state index in [1.807, 2.05) is 0 Å². The molecule has 3 nitrogen and oxygen atoms in total. The maximum absolute atomic E-state index is 10.4. The standard InChI is InChI=1S/C12H23NO2/c1-6-13(10(2)3,11(4)5)9-7-8-12(14)15/h7-8,10-11H,6,9H2,1-5H3/p+1/b8-7+. The van der Waals surface area contributed by atoms with Crippen molar-refractivity contribution in [1.82, 2.24) is 0 Å². The third kappa shape index (κ3) is 3.67. The van der Waals surface area contributed by atoms with Gasteiger partial charge in [-0.1, -0.05) is 0 Å². The summed E-state index contributed by atoms with van der Waals surface area (Å²) in [5.74, 6) is -0.864. The van der Waals surface area contributed by atoms with Crippen molar-refractivity contribution in [2.24, 2.45) is 0 Å². The van der Waals surface area contributed by atoms with Gasteiger partial charge >= 0.3 is 5.97 Å². The number of rotatable bonds is 6. The summed E-state index contributed by atoms with van der Waals surface area (Å²) in [6.45, 7) is 12.7. The summed E-state index contributed by atoms with van der Waals surface area (Å²) in [4.78, 5) is 10.4. The fourth-order valence-electron chi connectivity index (χ4n) is 2.23. The van der Waals surface area contributed by atoms with Gasteiger partial charge in [-0.05, 0) is 40.7 Å². The molecule has 0 saturated carbocycles. The van der Waals surface area contributed by atoms with Crippen LogP contribution in [-0.4, -0.2) is 40.7 Å². The molecule has 3 heteroatoms. The minimum Gasteiger partial charge on any atom is -0.478 e. The summed E-state index contributed by atoms with van der Waals surface area (Å²) < 4.78 is 0.934. The molecule has 0 saturated heterocycles. The molecule has 1 N–H and O–H groups in total. The molecule has 15 heavy (non-hydrogen) atoms. The van der Waals surface area contributed by atoms with Gasteiger partial charge < -0.3 is 9.59 Å². The molecule has 0 spiro atoms. The number of likely N-dealkylation sites (N-methyl/N-ethyl adjacent to an activating group) is 1. The van der Waals surface area contributed by atoms with E-state index in [1.165, 1.54) is 6.08 Å². The molecule has 88 valence electrons. The van der Waals surface area contributed by atoms with E-state index in [1.54, 1.807) is 6.08 Å². The Morgan fingerprint density at radius 2 is 1.73 bits per heavy atom. The highest BCUT2D eigenvalue weighted by Crippen LogP contribution is 2.18. The molecule has 0 aliphatic heterocycles. The molecular formula is C12H24NO2+. The van der Waals surface area contributed by atoms with Crippen LogP contribution in [0.3, 0.4) is 0 Å². The molecule has 0 fully saturated rings. The van der Waals surface area contributed by atoms with Crippen LogP contribution in [0.2, 0.25) is 0 Å². The van der Waals surface area contributed by atoms with E-state index in [-0.39, 0.29) is 0 Å². The Kier molecular flexibility index (Phi) is 5.58. The number of hydrogen-bond acceptors (Lipinski definition) is 1. The number of quaternary nitrogens is 1. The Bertz CT molecular complexity index is 224. The average Bonchev–Trinajstić information content (AvgIpc) is 2.10. The van der Waals surface area contributed by atoms with E-state index >= 15 is 0 Å². The minimum atomic E-state index is -0.864. The first-order valence-corrected chi connectivity index (χ1v) is 5.62. The fraction of sp³-hybridized carbons (Fsp3) is 0.750. The van der Waals surface area contributed by atoms with Gasteiger partial charge in [0, 0.05) is 6.08 Å². The van der Waals surface area contributed by atoms with Crippen LogP contribution in [0.4, 0.5) is 0 Å². The molecule has 0 rings (SSSR count). The van der Waals surface area contributed by atoms with Crippen LogP contribution in [0.25, 0.3) is 0 Å². The summed E-state index contributed by atoms with van der Waals surface area (Å²) >= 11 is 0. The zero-order chi connectivity index (χ0) is 12.1. The average molecular weight is 214 g/mol. The van der Waals surface area contributed by atoms with Crippen LogP contribution >= 0.6 is 0 Å². The second-order valence-corrected chi connectivity index (χ2v) is 4.53. The van der Waals surface area contributed by atoms with Gasteiger partial charge in [0.2, 0.25) is 0 Å². The third-order valence-corrected chi connectivity index (χ3v) is 3.35. The lowest BCUT2D eigenvalue weighted by molar-refractivity contribution is -0.960. The van der Waals surface area contributed by atoms with E-state index in [0.29, 0.717) is 12.1 Å². The van der Waals surface area contributed by atoms with Crippen molar-refractivity contribution in [2.45, 2.75) is 46.7 Å². The zero-order valence-corrected chi connectivity index (χ0v) is 10.5. The Morgan fingerprint density at radius 1 is 1.27 bits per heavy atom. The molecule has 0 radical (unpaired) electrons. The van der Waals surface area contributed by atoms with Gasteiger partial charge in [0.1, 0.15) is 0 Å². The van der Waals surface area contributed by atoms with Crippen LogP contribution < -0.4 is 0 Å². The predicted molar refractivity (Wildman–Crippen MR) is 62.7 cm³/mol. The summed E-state index contributed by atoms with van der Waals surface area (Å²) in [5.41, 5.74) is 0. The molecule has 0 atom stereocenters. The third-order valence-electron chi connectivity index (χ3n) is 3.35. The first kappa shape index (κ1) is 14.2. The first-order chi connectivity index (χ1) is 6.86. The molecule has 0 aromatic carbocycles. The first-order valence-electron chi connectivity index (χ1n) is 5.62. The number of carboxylic acids is 1. The number of carboxylic acid groups (broad SMARTS) is 1. The fourth-order valence-corrected chi connectivity index (χ4v) is 2.23. The Labute approximate surface area is 93.0 Å². The second-order valence-electron chi connectivity index (χ2n) is 4.53. The summed E-state index contributed by atoms with van der Waals surface area (Å²) in [5, 5.41) is 8.57. The van der Waals surface area contributed by atoms with Gasteiger partial charge in [-0.25, -0.2) is 4.79 Å². The Morgan fingerprint density at radius 3 is 2.00 bits per heavy atom. The zero-order valence-electron chi connectivity index (χ0n) is 10.5. The van der Waals surface area contributed by atoms with Gasteiger partial charge in [-0.15, -0.1) is 0 Å². The lowest BCUT2D eigenvalue weighted by Crippen LogP contribution is -2.57. The molecule has 0 heterocycles. The number of carbonyl (C=O) groups is 1. The van der Waals surface area contributed by atoms with Gasteiger partial charge in [0.05, 0.1) is 25.2 Å². The van der Waals surface area contributed by atoms with Crippen molar-refractivity contribution in [1.29, 1.82) is 0 Å². The van der Waals surface area contributed by atoms with Crippen molar-refractivity contribution in [3.05, 3.63) is 12.2 Å². The number of aliphatic carboxylic acids is 1. The highest BCUT2D eigenvalue weighted by molar-refractivity contribution is 5.79. The maximum atomic E-state index is 10.4. The van der Waals surface area contributed by atoms with E-state index in [0.717, 1.165) is 17.6 Å². The van der Waals surface area contributed by atoms with Crippen molar-refractivity contribution in [2.75, 3.05) is 13.1 Å². The van der Waals surface area contributed by atoms with E-state index in [9.17, 15) is 4.79 Å². The van der Waals surface area contributed by atoms with Crippen LogP contribution in [0, 0.1) is 0 Å². The highest BCUT2D eigenvalue weighted by atomic mass is 16.4. The van der Waals surface area contributed by atoms with E-state index in [4.69, 9.17) is 5.11 Å². The number of hydrogen-bond donors (Lipinski definition) is 1. The van der Waals surface area contributed by atoms with Crippen LogP contribution in [0.1, 0.15) is 34.6 Å². The Hall–Kier alpha value is -0.830. The van der Waals surface area contributed by atoms with Crippen molar-refractivity contribution in [3.8, 4) is 0 Å². The summed E-state index contributed by atoms with van der Waals surface area (Å²) in [6.07, 6.45) is 3.01. The second kappa shape index (κ2) is 5.91. The molecule has 0 unspecified atom stereocenters. The van der Waals surface area contributed by atoms with E-state index < -0.39 is 5.97 Å². The normalized spacial score (nSPS) is 13.0. The van der Waals surface area contributed by atoms with Crippen LogP contribution in [-0.2, 0) is 4.79 Å². The van der Waals surface area contributed by atoms with Crippen molar-refractivity contribution >= 4 is 5.97 Å². The van der Waals surface area contributed by atoms with E-state index in [2.05, 4.69) is 34.6 Å². The molecule has 0 aliphatic rings. The highest BCUT2D eigenvalue weighted by Gasteiger charge is 2.31. The molecular weight excluding hydrogens is 190 g/mol. The lowest BCUT2D eigenvalue weighted by atomic mass is 10.1. The van der Waals surface area contributed by atoms with Crippen LogP contribution in [0.5, 0.6) is 0 Å².